The van der Waals surface area contributed by atoms with Gasteiger partial charge in [0.25, 0.3) is 5.91 Å². The van der Waals surface area contributed by atoms with Gasteiger partial charge in [-0.2, -0.15) is 13.2 Å². The summed E-state index contributed by atoms with van der Waals surface area (Å²) in [7, 11) is 0. The van der Waals surface area contributed by atoms with Gasteiger partial charge in [-0.05, 0) is 41.7 Å². The van der Waals surface area contributed by atoms with E-state index < -0.39 is 47.4 Å². The van der Waals surface area contributed by atoms with Crippen LogP contribution in [-0.2, 0) is 26.7 Å². The molecule has 6 nitrogen and oxygen atoms in total. The van der Waals surface area contributed by atoms with Gasteiger partial charge in [-0.15, -0.1) is 0 Å². The molecule has 1 saturated heterocycles. The molecule has 0 bridgehead atoms. The Morgan fingerprint density at radius 2 is 1.70 bits per heavy atom. The molecular weight excluding hydrogens is 459 g/mol. The Kier molecular flexibility index (Phi) is 6.23. The molecule has 0 saturated carbocycles. The van der Waals surface area contributed by atoms with Gasteiger partial charge >= 0.3 is 12.2 Å². The van der Waals surface area contributed by atoms with Crippen molar-refractivity contribution in [1.82, 2.24) is 10.2 Å². The van der Waals surface area contributed by atoms with Crippen LogP contribution >= 0.6 is 11.6 Å². The van der Waals surface area contributed by atoms with Gasteiger partial charge in [0, 0.05) is 5.02 Å². The van der Waals surface area contributed by atoms with Crippen molar-refractivity contribution in [3.05, 3.63) is 64.2 Å². The largest absolute Gasteiger partial charge is 0.418 e. The summed E-state index contributed by atoms with van der Waals surface area (Å²) in [5, 5.41) is 4.54. The number of alkyl halides is 3. The normalized spacial score (nSPS) is 19.0. The second kappa shape index (κ2) is 8.37. The Morgan fingerprint density at radius 3 is 2.24 bits per heavy atom. The Bertz CT molecular complexity index is 1110. The van der Waals surface area contributed by atoms with E-state index >= 15 is 0 Å². The first-order valence-corrected chi connectivity index (χ1v) is 10.4. The van der Waals surface area contributed by atoms with Crippen LogP contribution in [0.4, 0.5) is 23.7 Å². The van der Waals surface area contributed by atoms with Crippen LogP contribution in [0.25, 0.3) is 0 Å². The number of amides is 4. The van der Waals surface area contributed by atoms with Gasteiger partial charge in [0.05, 0.1) is 11.3 Å². The van der Waals surface area contributed by atoms with Crippen molar-refractivity contribution in [2.75, 3.05) is 11.9 Å². The molecule has 1 unspecified atom stereocenters. The van der Waals surface area contributed by atoms with Gasteiger partial charge in [0.1, 0.15) is 12.1 Å². The lowest BCUT2D eigenvalue weighted by molar-refractivity contribution is -0.137. The van der Waals surface area contributed by atoms with E-state index in [0.29, 0.717) is 16.5 Å². The Labute approximate surface area is 194 Å². The second-order valence-electron chi connectivity index (χ2n) is 9.01. The van der Waals surface area contributed by atoms with Crippen LogP contribution in [-0.4, -0.2) is 29.3 Å². The number of carbonyl (C=O) groups is 3. The first kappa shape index (κ1) is 24.6. The van der Waals surface area contributed by atoms with Crippen LogP contribution in [0.2, 0.25) is 5.02 Å². The quantitative estimate of drug-likeness (QED) is 0.599. The molecule has 4 amide bonds. The molecule has 10 heteroatoms. The lowest BCUT2D eigenvalue weighted by Gasteiger charge is -2.24. The number of benzene rings is 2. The fourth-order valence-corrected chi connectivity index (χ4v) is 3.71. The number of nitrogens with one attached hydrogen (secondary N) is 2. The third-order valence-corrected chi connectivity index (χ3v) is 5.70. The van der Waals surface area contributed by atoms with Crippen molar-refractivity contribution < 1.29 is 27.6 Å². The van der Waals surface area contributed by atoms with Gasteiger partial charge < -0.3 is 10.6 Å². The van der Waals surface area contributed by atoms with Crippen LogP contribution in [0.5, 0.6) is 0 Å². The number of hydrogen-bond donors (Lipinski definition) is 2. The zero-order chi connectivity index (χ0) is 24.8. The lowest BCUT2D eigenvalue weighted by Crippen LogP contribution is -2.42. The highest BCUT2D eigenvalue weighted by atomic mass is 35.5. The molecule has 0 aromatic heterocycles. The van der Waals surface area contributed by atoms with Crippen molar-refractivity contribution in [3.8, 4) is 0 Å². The second-order valence-corrected chi connectivity index (χ2v) is 9.45. The van der Waals surface area contributed by atoms with E-state index in [4.69, 9.17) is 11.6 Å². The van der Waals surface area contributed by atoms with E-state index in [2.05, 4.69) is 10.6 Å². The SMILES string of the molecule is CC(C)(C)c1ccc(C2(C)NC(=O)N(CC(=O)Nc3ccc(Cl)cc3C(F)(F)F)C2=O)cc1. The maximum Gasteiger partial charge on any atom is 0.418 e. The van der Waals surface area contributed by atoms with Gasteiger partial charge in [0.15, 0.2) is 0 Å². The van der Waals surface area contributed by atoms with E-state index in [1.807, 2.05) is 32.9 Å². The standard InChI is InChI=1S/C23H23ClF3N3O3/c1-21(2,3)13-5-7-14(8-6-13)22(4)19(32)30(20(33)29-22)12-18(31)28-17-10-9-15(24)11-16(17)23(25,26)27/h5-11H,12H2,1-4H3,(H,28,31)(H,29,33). The summed E-state index contributed by atoms with van der Waals surface area (Å²) in [6.07, 6.45) is -4.76. The number of hydrogen-bond acceptors (Lipinski definition) is 3. The van der Waals surface area contributed by atoms with Gasteiger partial charge in [0.2, 0.25) is 5.91 Å². The van der Waals surface area contributed by atoms with E-state index in [0.717, 1.165) is 11.6 Å². The van der Waals surface area contributed by atoms with E-state index in [1.165, 1.54) is 13.0 Å². The summed E-state index contributed by atoms with van der Waals surface area (Å²) in [4.78, 5) is 38.6. The molecule has 2 N–H and O–H groups in total. The first-order valence-electron chi connectivity index (χ1n) is 10.0. The minimum absolute atomic E-state index is 0.108. The summed E-state index contributed by atoms with van der Waals surface area (Å²) < 4.78 is 39.8. The van der Waals surface area contributed by atoms with E-state index in [-0.39, 0.29) is 10.4 Å². The van der Waals surface area contributed by atoms with Crippen LogP contribution in [0.1, 0.15) is 44.4 Å². The molecule has 1 aliphatic rings. The van der Waals surface area contributed by atoms with Gasteiger partial charge in [-0.25, -0.2) is 4.79 Å². The molecule has 2 aromatic carbocycles. The van der Waals surface area contributed by atoms with Gasteiger partial charge in [-0.1, -0.05) is 56.6 Å². The molecule has 1 aliphatic heterocycles. The van der Waals surface area contributed by atoms with E-state index in [9.17, 15) is 27.6 Å². The summed E-state index contributed by atoms with van der Waals surface area (Å²) in [6, 6.07) is 9.24. The number of carbonyl (C=O) groups excluding carboxylic acids is 3. The molecule has 1 atom stereocenters. The summed E-state index contributed by atoms with van der Waals surface area (Å²) in [5.41, 5.74) is -1.62. The number of rotatable bonds is 4. The average molecular weight is 482 g/mol. The summed E-state index contributed by atoms with van der Waals surface area (Å²) in [5.74, 6) is -1.64. The number of urea groups is 1. The predicted molar refractivity (Wildman–Crippen MR) is 118 cm³/mol. The zero-order valence-corrected chi connectivity index (χ0v) is 19.2. The smallest absolute Gasteiger partial charge is 0.324 e. The highest BCUT2D eigenvalue weighted by Gasteiger charge is 2.49. The maximum absolute atomic E-state index is 13.3. The Morgan fingerprint density at radius 1 is 1.09 bits per heavy atom. The van der Waals surface area contributed by atoms with Crippen LogP contribution in [0, 0.1) is 0 Å². The molecule has 0 aliphatic carbocycles. The Hall–Kier alpha value is -3.07. The van der Waals surface area contributed by atoms with Crippen LogP contribution in [0.3, 0.4) is 0 Å². The fourth-order valence-electron chi connectivity index (χ4n) is 3.53. The fraction of sp³-hybridized carbons (Fsp3) is 0.348. The van der Waals surface area contributed by atoms with Crippen molar-refractivity contribution in [2.24, 2.45) is 0 Å². The zero-order valence-electron chi connectivity index (χ0n) is 18.4. The third-order valence-electron chi connectivity index (χ3n) is 5.47. The molecule has 1 heterocycles. The lowest BCUT2D eigenvalue weighted by atomic mass is 9.84. The molecule has 0 radical (unpaired) electrons. The molecule has 2 aromatic rings. The van der Waals surface area contributed by atoms with Crippen molar-refractivity contribution in [2.45, 2.75) is 44.8 Å². The minimum atomic E-state index is -4.76. The topological polar surface area (TPSA) is 78.5 Å². The van der Waals surface area contributed by atoms with Crippen LogP contribution < -0.4 is 10.6 Å². The molecular formula is C23H23ClF3N3O3. The van der Waals surface area contributed by atoms with Crippen molar-refractivity contribution in [1.29, 1.82) is 0 Å². The number of nitrogens with zero attached hydrogens (tertiary/aromatic N) is 1. The number of halogens is 4. The van der Waals surface area contributed by atoms with Crippen molar-refractivity contribution in [3.63, 3.8) is 0 Å². The summed E-state index contributed by atoms with van der Waals surface area (Å²) >= 11 is 5.64. The molecule has 33 heavy (non-hydrogen) atoms. The van der Waals surface area contributed by atoms with Crippen molar-refractivity contribution >= 4 is 35.1 Å². The third kappa shape index (κ3) is 4.98. The number of anilines is 1. The molecule has 176 valence electrons. The molecule has 0 spiro atoms. The Balaban J connectivity index is 1.79. The average Bonchev–Trinajstić information content (AvgIpc) is 2.92. The highest BCUT2D eigenvalue weighted by molar-refractivity contribution is 6.30. The van der Waals surface area contributed by atoms with Crippen LogP contribution in [0.15, 0.2) is 42.5 Å². The minimum Gasteiger partial charge on any atom is -0.324 e. The monoisotopic (exact) mass is 481 g/mol. The molecule has 1 fully saturated rings. The van der Waals surface area contributed by atoms with E-state index in [1.54, 1.807) is 12.1 Å². The predicted octanol–water partition coefficient (Wildman–Crippen LogP) is 5.06. The molecule has 3 rings (SSSR count). The summed E-state index contributed by atoms with van der Waals surface area (Å²) in [6.45, 7) is 6.88. The maximum atomic E-state index is 13.3. The highest BCUT2D eigenvalue weighted by Crippen LogP contribution is 2.37. The first-order chi connectivity index (χ1) is 15.1. The van der Waals surface area contributed by atoms with Gasteiger partial charge in [-0.3, -0.25) is 14.5 Å². The number of imide groups is 1.